The number of nitrogens with one attached hydrogen (secondary N) is 1. The molecule has 1 aromatic heterocycles. The molecule has 0 aliphatic rings. The Morgan fingerprint density at radius 1 is 1.22 bits per heavy atom. The largest absolute Gasteiger partial charge is 0.463 e. The average Bonchev–Trinajstić information content (AvgIpc) is 2.24. The lowest BCUT2D eigenvalue weighted by molar-refractivity contribution is 0.292. The Kier molecular flexibility index (Phi) is 5.61. The molecule has 1 heterocycles. The van der Waals surface area contributed by atoms with Crippen molar-refractivity contribution in [3.8, 4) is 6.01 Å². The molecule has 0 saturated heterocycles. The van der Waals surface area contributed by atoms with Crippen molar-refractivity contribution in [2.45, 2.75) is 46.6 Å². The number of hydrogen-bond acceptors (Lipinski definition) is 6. The normalized spacial score (nSPS) is 12.5. The predicted octanol–water partition coefficient (Wildman–Crippen LogP) is 2.09. The van der Waals surface area contributed by atoms with E-state index in [1.54, 1.807) is 0 Å². The first-order valence-electron chi connectivity index (χ1n) is 6.42. The summed E-state index contributed by atoms with van der Waals surface area (Å²) in [7, 11) is 0. The molecule has 0 amide bonds. The van der Waals surface area contributed by atoms with Gasteiger partial charge in [0.25, 0.3) is 0 Å². The highest BCUT2D eigenvalue weighted by molar-refractivity contribution is 5.33. The lowest BCUT2D eigenvalue weighted by atomic mass is 10.1. The van der Waals surface area contributed by atoms with Crippen molar-refractivity contribution in [3.05, 3.63) is 0 Å². The number of nitrogens with zero attached hydrogens (tertiary/aromatic N) is 3. The molecule has 102 valence electrons. The van der Waals surface area contributed by atoms with Crippen molar-refractivity contribution in [2.75, 3.05) is 17.7 Å². The summed E-state index contributed by atoms with van der Waals surface area (Å²) in [5.41, 5.74) is 5.63. The fourth-order valence-corrected chi connectivity index (χ4v) is 1.68. The molecule has 6 heteroatoms. The number of anilines is 2. The lowest BCUT2D eigenvalue weighted by Crippen LogP contribution is -2.20. The van der Waals surface area contributed by atoms with Crippen molar-refractivity contribution in [1.82, 2.24) is 15.0 Å². The summed E-state index contributed by atoms with van der Waals surface area (Å²) in [4.78, 5) is 12.2. The zero-order valence-corrected chi connectivity index (χ0v) is 11.6. The van der Waals surface area contributed by atoms with Gasteiger partial charge < -0.3 is 15.8 Å². The molecule has 3 N–H and O–H groups in total. The van der Waals surface area contributed by atoms with Crippen LogP contribution in [-0.4, -0.2) is 27.6 Å². The van der Waals surface area contributed by atoms with Crippen molar-refractivity contribution < 1.29 is 4.74 Å². The van der Waals surface area contributed by atoms with E-state index in [9.17, 15) is 0 Å². The second-order valence-corrected chi connectivity index (χ2v) is 4.82. The smallest absolute Gasteiger partial charge is 0.323 e. The van der Waals surface area contributed by atoms with Crippen molar-refractivity contribution in [2.24, 2.45) is 5.92 Å². The summed E-state index contributed by atoms with van der Waals surface area (Å²) in [6.45, 7) is 9.04. The van der Waals surface area contributed by atoms with E-state index >= 15 is 0 Å². The van der Waals surface area contributed by atoms with Gasteiger partial charge in [0.15, 0.2) is 0 Å². The molecule has 6 nitrogen and oxygen atoms in total. The van der Waals surface area contributed by atoms with Gasteiger partial charge in [-0.3, -0.25) is 0 Å². The van der Waals surface area contributed by atoms with Crippen LogP contribution in [0.3, 0.4) is 0 Å². The Labute approximate surface area is 108 Å². The SMILES string of the molecule is CCCOc1nc(N)nc(NC(C)CC(C)C)n1. The summed E-state index contributed by atoms with van der Waals surface area (Å²) >= 11 is 0. The van der Waals surface area contributed by atoms with E-state index in [-0.39, 0.29) is 18.0 Å². The Morgan fingerprint density at radius 2 is 1.94 bits per heavy atom. The van der Waals surface area contributed by atoms with Gasteiger partial charge >= 0.3 is 6.01 Å². The fraction of sp³-hybridized carbons (Fsp3) is 0.750. The van der Waals surface area contributed by atoms with Crippen LogP contribution in [0.25, 0.3) is 0 Å². The van der Waals surface area contributed by atoms with Gasteiger partial charge in [0, 0.05) is 6.04 Å². The van der Waals surface area contributed by atoms with Crippen LogP contribution in [0, 0.1) is 5.92 Å². The summed E-state index contributed by atoms with van der Waals surface area (Å²) in [5.74, 6) is 1.26. The Hall–Kier alpha value is -1.59. The maximum absolute atomic E-state index is 5.63. The minimum atomic E-state index is 0.176. The van der Waals surface area contributed by atoms with Crippen LogP contribution in [0.15, 0.2) is 0 Å². The molecule has 0 radical (unpaired) electrons. The van der Waals surface area contributed by atoms with Gasteiger partial charge in [-0.25, -0.2) is 0 Å². The molecular formula is C12H23N5O. The van der Waals surface area contributed by atoms with E-state index in [1.165, 1.54) is 0 Å². The highest BCUT2D eigenvalue weighted by Gasteiger charge is 2.09. The first-order valence-corrected chi connectivity index (χ1v) is 6.42. The zero-order valence-electron chi connectivity index (χ0n) is 11.6. The number of aromatic nitrogens is 3. The van der Waals surface area contributed by atoms with Gasteiger partial charge in [-0.05, 0) is 25.7 Å². The quantitative estimate of drug-likeness (QED) is 0.773. The standard InChI is InChI=1S/C12H23N5O/c1-5-6-18-12-16-10(13)15-11(17-12)14-9(4)7-8(2)3/h8-9H,5-7H2,1-4H3,(H3,13,14,15,16,17). The Balaban J connectivity index is 2.67. The van der Waals surface area contributed by atoms with Gasteiger partial charge in [0.2, 0.25) is 11.9 Å². The van der Waals surface area contributed by atoms with Gasteiger partial charge in [-0.2, -0.15) is 15.0 Å². The monoisotopic (exact) mass is 253 g/mol. The molecule has 1 rings (SSSR count). The second-order valence-electron chi connectivity index (χ2n) is 4.82. The van der Waals surface area contributed by atoms with Crippen molar-refractivity contribution >= 4 is 11.9 Å². The minimum Gasteiger partial charge on any atom is -0.463 e. The molecule has 0 bridgehead atoms. The third-order valence-corrected chi connectivity index (χ3v) is 2.27. The van der Waals surface area contributed by atoms with Crippen molar-refractivity contribution in [3.63, 3.8) is 0 Å². The topological polar surface area (TPSA) is 86.0 Å². The molecular weight excluding hydrogens is 230 g/mol. The molecule has 0 spiro atoms. The summed E-state index contributed by atoms with van der Waals surface area (Å²) in [6, 6.07) is 0.564. The molecule has 1 aromatic rings. The van der Waals surface area contributed by atoms with E-state index in [0.29, 0.717) is 18.5 Å². The number of nitrogen functional groups attached to an aromatic ring is 1. The van der Waals surface area contributed by atoms with Crippen LogP contribution in [0.4, 0.5) is 11.9 Å². The number of rotatable bonds is 7. The first kappa shape index (κ1) is 14.5. The van der Waals surface area contributed by atoms with E-state index in [2.05, 4.69) is 41.0 Å². The van der Waals surface area contributed by atoms with Crippen LogP contribution in [0.2, 0.25) is 0 Å². The molecule has 18 heavy (non-hydrogen) atoms. The highest BCUT2D eigenvalue weighted by atomic mass is 16.5. The third-order valence-electron chi connectivity index (χ3n) is 2.27. The van der Waals surface area contributed by atoms with Crippen LogP contribution in [-0.2, 0) is 0 Å². The minimum absolute atomic E-state index is 0.176. The molecule has 0 aliphatic carbocycles. The highest BCUT2D eigenvalue weighted by Crippen LogP contribution is 2.13. The maximum atomic E-state index is 5.63. The summed E-state index contributed by atoms with van der Waals surface area (Å²) in [5, 5.41) is 3.21. The molecule has 0 aliphatic heterocycles. The van der Waals surface area contributed by atoms with Gasteiger partial charge in [-0.15, -0.1) is 0 Å². The average molecular weight is 253 g/mol. The fourth-order valence-electron chi connectivity index (χ4n) is 1.68. The van der Waals surface area contributed by atoms with E-state index in [4.69, 9.17) is 10.5 Å². The third kappa shape index (κ3) is 5.16. The molecule has 1 unspecified atom stereocenters. The number of ether oxygens (including phenoxy) is 1. The molecule has 0 fully saturated rings. The van der Waals surface area contributed by atoms with Gasteiger partial charge in [0.1, 0.15) is 0 Å². The summed E-state index contributed by atoms with van der Waals surface area (Å²) in [6.07, 6.45) is 1.94. The van der Waals surface area contributed by atoms with Gasteiger partial charge in [0.05, 0.1) is 6.61 Å². The molecule has 0 aromatic carbocycles. The van der Waals surface area contributed by atoms with Crippen LogP contribution in [0.5, 0.6) is 6.01 Å². The maximum Gasteiger partial charge on any atom is 0.323 e. The van der Waals surface area contributed by atoms with E-state index in [0.717, 1.165) is 12.8 Å². The Bertz CT molecular complexity index is 369. The number of nitrogens with two attached hydrogens (primary N) is 1. The van der Waals surface area contributed by atoms with Crippen LogP contribution in [0.1, 0.15) is 40.5 Å². The van der Waals surface area contributed by atoms with Crippen molar-refractivity contribution in [1.29, 1.82) is 0 Å². The number of hydrogen-bond donors (Lipinski definition) is 2. The van der Waals surface area contributed by atoms with E-state index < -0.39 is 0 Å². The molecule has 1 atom stereocenters. The molecule has 0 saturated carbocycles. The van der Waals surface area contributed by atoms with Gasteiger partial charge in [-0.1, -0.05) is 20.8 Å². The zero-order chi connectivity index (χ0) is 13.5. The second kappa shape index (κ2) is 6.98. The van der Waals surface area contributed by atoms with E-state index in [1.807, 2.05) is 6.92 Å². The van der Waals surface area contributed by atoms with Crippen LogP contribution < -0.4 is 15.8 Å². The predicted molar refractivity (Wildman–Crippen MR) is 72.6 cm³/mol. The Morgan fingerprint density at radius 3 is 2.56 bits per heavy atom. The van der Waals surface area contributed by atoms with Crippen LogP contribution >= 0.6 is 0 Å². The first-order chi connectivity index (χ1) is 8.51. The lowest BCUT2D eigenvalue weighted by Gasteiger charge is -2.16. The summed E-state index contributed by atoms with van der Waals surface area (Å²) < 4.78 is 5.36.